The summed E-state index contributed by atoms with van der Waals surface area (Å²) in [5.74, 6) is -1.15. The van der Waals surface area contributed by atoms with Crippen LogP contribution in [0.25, 0.3) is 0 Å². The molecule has 2 aromatic rings. The molecule has 0 aliphatic carbocycles. The molecule has 4 nitrogen and oxygen atoms in total. The SMILES string of the molecule is Cc1ccc(NC(=O)CNC(=O)c2ccc(F)cc2)cc1C. The van der Waals surface area contributed by atoms with Gasteiger partial charge in [0.2, 0.25) is 5.91 Å². The summed E-state index contributed by atoms with van der Waals surface area (Å²) in [6, 6.07) is 10.7. The van der Waals surface area contributed by atoms with Gasteiger partial charge in [-0.05, 0) is 61.4 Å². The second kappa shape index (κ2) is 6.85. The Balaban J connectivity index is 1.88. The number of carbonyl (C=O) groups is 2. The average molecular weight is 300 g/mol. The molecule has 2 aromatic carbocycles. The van der Waals surface area contributed by atoms with Gasteiger partial charge in [0.05, 0.1) is 6.54 Å². The number of halogens is 1. The Morgan fingerprint density at radius 2 is 1.68 bits per heavy atom. The number of nitrogens with one attached hydrogen (secondary N) is 2. The Bertz CT molecular complexity index is 696. The van der Waals surface area contributed by atoms with Gasteiger partial charge in [0.1, 0.15) is 5.82 Å². The fourth-order valence-corrected chi connectivity index (χ4v) is 1.89. The van der Waals surface area contributed by atoms with E-state index in [-0.39, 0.29) is 12.5 Å². The summed E-state index contributed by atoms with van der Waals surface area (Å²) in [6.45, 7) is 3.80. The van der Waals surface area contributed by atoms with Gasteiger partial charge in [-0.2, -0.15) is 0 Å². The number of aryl methyl sites for hydroxylation is 2. The third kappa shape index (κ3) is 4.15. The van der Waals surface area contributed by atoms with Gasteiger partial charge in [-0.1, -0.05) is 6.07 Å². The first-order chi connectivity index (χ1) is 10.5. The van der Waals surface area contributed by atoms with Crippen LogP contribution in [0.2, 0.25) is 0 Å². The first-order valence-electron chi connectivity index (χ1n) is 6.86. The number of hydrogen-bond donors (Lipinski definition) is 2. The van der Waals surface area contributed by atoms with E-state index in [1.165, 1.54) is 24.3 Å². The maximum atomic E-state index is 12.8. The molecule has 2 rings (SSSR count). The van der Waals surface area contributed by atoms with Crippen molar-refractivity contribution in [1.29, 1.82) is 0 Å². The molecule has 0 unspecified atom stereocenters. The molecule has 0 aromatic heterocycles. The number of rotatable bonds is 4. The highest BCUT2D eigenvalue weighted by atomic mass is 19.1. The molecule has 0 saturated carbocycles. The van der Waals surface area contributed by atoms with Crippen molar-refractivity contribution in [1.82, 2.24) is 5.32 Å². The van der Waals surface area contributed by atoms with Crippen molar-refractivity contribution in [2.24, 2.45) is 0 Å². The monoisotopic (exact) mass is 300 g/mol. The quantitative estimate of drug-likeness (QED) is 0.912. The van der Waals surface area contributed by atoms with Crippen molar-refractivity contribution in [3.8, 4) is 0 Å². The minimum absolute atomic E-state index is 0.150. The van der Waals surface area contributed by atoms with Crippen LogP contribution in [0.1, 0.15) is 21.5 Å². The highest BCUT2D eigenvalue weighted by Gasteiger charge is 2.08. The number of hydrogen-bond acceptors (Lipinski definition) is 2. The maximum Gasteiger partial charge on any atom is 0.251 e. The van der Waals surface area contributed by atoms with Crippen molar-refractivity contribution in [2.75, 3.05) is 11.9 Å². The molecule has 0 spiro atoms. The first-order valence-corrected chi connectivity index (χ1v) is 6.86. The minimum Gasteiger partial charge on any atom is -0.343 e. The molecule has 2 amide bonds. The summed E-state index contributed by atoms with van der Waals surface area (Å²) in [7, 11) is 0. The maximum absolute atomic E-state index is 12.8. The van der Waals surface area contributed by atoms with E-state index in [1.807, 2.05) is 32.0 Å². The molecular weight excluding hydrogens is 283 g/mol. The van der Waals surface area contributed by atoms with E-state index in [1.54, 1.807) is 0 Å². The zero-order valence-electron chi connectivity index (χ0n) is 12.4. The number of anilines is 1. The van der Waals surface area contributed by atoms with Crippen molar-refractivity contribution in [3.05, 3.63) is 65.0 Å². The first kappa shape index (κ1) is 15.7. The number of amides is 2. The standard InChI is InChI=1S/C17H17FN2O2/c1-11-3-8-15(9-12(11)2)20-16(21)10-19-17(22)13-4-6-14(18)7-5-13/h3-9H,10H2,1-2H3,(H,19,22)(H,20,21). The summed E-state index contributed by atoms with van der Waals surface area (Å²) in [4.78, 5) is 23.6. The fraction of sp³-hybridized carbons (Fsp3) is 0.176. The second-order valence-corrected chi connectivity index (χ2v) is 5.04. The molecule has 0 saturated heterocycles. The van der Waals surface area contributed by atoms with Crippen molar-refractivity contribution >= 4 is 17.5 Å². The molecule has 0 atom stereocenters. The van der Waals surface area contributed by atoms with Crippen molar-refractivity contribution < 1.29 is 14.0 Å². The Hall–Kier alpha value is -2.69. The van der Waals surface area contributed by atoms with E-state index >= 15 is 0 Å². The molecule has 114 valence electrons. The minimum atomic E-state index is -0.421. The molecule has 5 heteroatoms. The molecule has 0 aliphatic rings. The Labute approximate surface area is 128 Å². The van der Waals surface area contributed by atoms with E-state index in [4.69, 9.17) is 0 Å². The van der Waals surface area contributed by atoms with Crippen molar-refractivity contribution in [2.45, 2.75) is 13.8 Å². The van der Waals surface area contributed by atoms with Gasteiger partial charge >= 0.3 is 0 Å². The van der Waals surface area contributed by atoms with Crippen LogP contribution >= 0.6 is 0 Å². The summed E-state index contributed by atoms with van der Waals surface area (Å²) in [6.07, 6.45) is 0. The Morgan fingerprint density at radius 3 is 2.32 bits per heavy atom. The zero-order chi connectivity index (χ0) is 16.1. The highest BCUT2D eigenvalue weighted by molar-refractivity contribution is 5.99. The molecule has 0 aliphatic heterocycles. The van der Waals surface area contributed by atoms with Gasteiger partial charge in [-0.15, -0.1) is 0 Å². The van der Waals surface area contributed by atoms with Crippen LogP contribution in [0.4, 0.5) is 10.1 Å². The normalized spacial score (nSPS) is 10.1. The van der Waals surface area contributed by atoms with Gasteiger partial charge in [0.15, 0.2) is 0 Å². The Morgan fingerprint density at radius 1 is 1.00 bits per heavy atom. The molecule has 2 N–H and O–H groups in total. The predicted octanol–water partition coefficient (Wildman–Crippen LogP) is 2.81. The van der Waals surface area contributed by atoms with E-state index in [9.17, 15) is 14.0 Å². The van der Waals surface area contributed by atoms with Gasteiger partial charge in [-0.3, -0.25) is 9.59 Å². The van der Waals surface area contributed by atoms with Crippen molar-refractivity contribution in [3.63, 3.8) is 0 Å². The molecule has 22 heavy (non-hydrogen) atoms. The molecule has 0 radical (unpaired) electrons. The van der Waals surface area contributed by atoms with Crippen LogP contribution < -0.4 is 10.6 Å². The third-order valence-electron chi connectivity index (χ3n) is 3.31. The molecule has 0 bridgehead atoms. The van der Waals surface area contributed by atoms with Crippen LogP contribution in [0.15, 0.2) is 42.5 Å². The van der Waals surface area contributed by atoms with Crippen LogP contribution in [-0.2, 0) is 4.79 Å². The fourth-order valence-electron chi connectivity index (χ4n) is 1.89. The van der Waals surface area contributed by atoms with Gasteiger partial charge in [0, 0.05) is 11.3 Å². The summed E-state index contributed by atoms with van der Waals surface area (Å²) >= 11 is 0. The van der Waals surface area contributed by atoms with Gasteiger partial charge < -0.3 is 10.6 Å². The van der Waals surface area contributed by atoms with E-state index in [2.05, 4.69) is 10.6 Å². The third-order valence-corrected chi connectivity index (χ3v) is 3.31. The van der Waals surface area contributed by atoms with Crippen LogP contribution in [0, 0.1) is 19.7 Å². The lowest BCUT2D eigenvalue weighted by Gasteiger charge is -2.09. The largest absolute Gasteiger partial charge is 0.343 e. The van der Waals surface area contributed by atoms with Gasteiger partial charge in [-0.25, -0.2) is 4.39 Å². The van der Waals surface area contributed by atoms with Crippen LogP contribution in [0.5, 0.6) is 0 Å². The highest BCUT2D eigenvalue weighted by Crippen LogP contribution is 2.13. The second-order valence-electron chi connectivity index (χ2n) is 5.04. The molecule has 0 heterocycles. The number of benzene rings is 2. The molecule has 0 fully saturated rings. The van der Waals surface area contributed by atoms with Crippen LogP contribution in [0.3, 0.4) is 0 Å². The lowest BCUT2D eigenvalue weighted by Crippen LogP contribution is -2.32. The summed E-state index contributed by atoms with van der Waals surface area (Å²) in [5, 5.41) is 5.20. The number of carbonyl (C=O) groups excluding carboxylic acids is 2. The van der Waals surface area contributed by atoms with E-state index in [0.29, 0.717) is 11.3 Å². The predicted molar refractivity (Wildman–Crippen MR) is 83.3 cm³/mol. The van der Waals surface area contributed by atoms with E-state index in [0.717, 1.165) is 11.1 Å². The lowest BCUT2D eigenvalue weighted by atomic mass is 10.1. The average Bonchev–Trinajstić information content (AvgIpc) is 2.49. The summed E-state index contributed by atoms with van der Waals surface area (Å²) in [5.41, 5.74) is 3.21. The Kier molecular flexibility index (Phi) is 4.88. The van der Waals surface area contributed by atoms with E-state index < -0.39 is 11.7 Å². The van der Waals surface area contributed by atoms with Crippen LogP contribution in [-0.4, -0.2) is 18.4 Å². The topological polar surface area (TPSA) is 58.2 Å². The lowest BCUT2D eigenvalue weighted by molar-refractivity contribution is -0.115. The summed E-state index contributed by atoms with van der Waals surface area (Å²) < 4.78 is 12.8. The van der Waals surface area contributed by atoms with Gasteiger partial charge in [0.25, 0.3) is 5.91 Å². The smallest absolute Gasteiger partial charge is 0.251 e. The molecular formula is C17H17FN2O2. The zero-order valence-corrected chi connectivity index (χ0v) is 12.4.